The molecule has 146 valence electrons. The molecule has 0 fully saturated rings. The molecule has 0 spiro atoms. The quantitative estimate of drug-likeness (QED) is 0.194. The number of aliphatic carboxylic acids is 6. The summed E-state index contributed by atoms with van der Waals surface area (Å²) in [5, 5.41) is 47.4. The Morgan fingerprint density at radius 2 is 0.423 bits per heavy atom. The Morgan fingerprint density at radius 3 is 0.462 bits per heavy atom. The van der Waals surface area contributed by atoms with Crippen molar-refractivity contribution in [3.63, 3.8) is 0 Å². The molecule has 0 aromatic carbocycles. The van der Waals surface area contributed by atoms with E-state index in [1.165, 1.54) is 0 Å². The van der Waals surface area contributed by atoms with Gasteiger partial charge in [0, 0.05) is 83.5 Å². The maximum atomic E-state index is 9.64. The van der Waals surface area contributed by atoms with Crippen molar-refractivity contribution in [3.8, 4) is 0 Å². The van der Waals surface area contributed by atoms with Crippen LogP contribution in [0.25, 0.3) is 0 Å². The zero-order chi connectivity index (χ0) is 19.7. The van der Waals surface area contributed by atoms with E-state index in [2.05, 4.69) is 0 Å². The van der Waals surface area contributed by atoms with Crippen LogP contribution in [-0.4, -0.2) is 66.5 Å². The number of carbonyl (C=O) groups is 6. The zero-order valence-corrected chi connectivity index (χ0v) is 19.7. The van der Waals surface area contributed by atoms with E-state index in [1.54, 1.807) is 0 Å². The molecule has 26 heavy (non-hydrogen) atoms. The summed E-state index contributed by atoms with van der Waals surface area (Å²) in [6.07, 6.45) is -1.78. The zero-order valence-electron chi connectivity index (χ0n) is 13.4. The summed E-state index contributed by atoms with van der Waals surface area (Å²) < 4.78 is 0. The number of carboxylic acids is 6. The van der Waals surface area contributed by atoms with Gasteiger partial charge in [-0.05, 0) is 0 Å². The van der Waals surface area contributed by atoms with Gasteiger partial charge >= 0.3 is 35.8 Å². The van der Waals surface area contributed by atoms with E-state index in [9.17, 15) is 28.8 Å². The Bertz CT molecular complexity index is 355. The average Bonchev–Trinajstić information content (AvgIpc) is 2.42. The van der Waals surface area contributed by atoms with Crippen molar-refractivity contribution < 1.29 is 143 Å². The molecule has 14 heteroatoms. The number of carboxylic acid groups (broad SMARTS) is 6. The van der Waals surface area contributed by atoms with Gasteiger partial charge < -0.3 is 30.6 Å². The Labute approximate surface area is 214 Å². The third kappa shape index (κ3) is 56.6. The molecule has 0 amide bonds. The van der Waals surface area contributed by atoms with Gasteiger partial charge in [0.25, 0.3) is 0 Å². The van der Waals surface area contributed by atoms with E-state index >= 15 is 0 Å². The molecule has 0 aromatic rings. The van der Waals surface area contributed by atoms with E-state index in [4.69, 9.17) is 30.6 Å². The predicted molar refractivity (Wildman–Crippen MR) is 73.5 cm³/mol. The minimum absolute atomic E-state index is 0. The second kappa shape index (κ2) is 24.6. The first-order valence-corrected chi connectivity index (χ1v) is 6.19. The van der Waals surface area contributed by atoms with Gasteiger partial charge in [0.15, 0.2) is 0 Å². The van der Waals surface area contributed by atoms with Gasteiger partial charge in [0.2, 0.25) is 0 Å². The van der Waals surface area contributed by atoms with Crippen molar-refractivity contribution >= 4 is 35.8 Å². The van der Waals surface area contributed by atoms with Gasteiger partial charge in [-0.2, -0.15) is 0 Å². The molecule has 0 aliphatic rings. The summed E-state index contributed by atoms with van der Waals surface area (Å²) in [6.45, 7) is 0. The van der Waals surface area contributed by atoms with Crippen LogP contribution in [0.3, 0.4) is 0 Å². The van der Waals surface area contributed by atoms with E-state index in [0.29, 0.717) is 0 Å². The number of hydrogen-bond donors (Lipinski definition) is 6. The fourth-order valence-corrected chi connectivity index (χ4v) is 0.642. The SMILES string of the molecule is O=C(O)CCC(=O)O.O=C(O)CCC(=O)O.O=C(O)CCC(=O)O.[Ce].[Ce]. The largest absolute Gasteiger partial charge is 0.481 e. The van der Waals surface area contributed by atoms with E-state index in [-0.39, 0.29) is 122 Å². The fourth-order valence-electron chi connectivity index (χ4n) is 0.642. The second-order valence-corrected chi connectivity index (χ2v) is 3.86. The smallest absolute Gasteiger partial charge is 0.303 e. The average molecular weight is 634 g/mol. The van der Waals surface area contributed by atoms with Crippen LogP contribution in [0.1, 0.15) is 38.5 Å². The minimum Gasteiger partial charge on any atom is -0.481 e. The Kier molecular flexibility index (Phi) is 34.5. The number of hydrogen-bond acceptors (Lipinski definition) is 6. The van der Waals surface area contributed by atoms with Crippen LogP contribution in [0.2, 0.25) is 0 Å². The van der Waals surface area contributed by atoms with E-state index < -0.39 is 35.8 Å². The van der Waals surface area contributed by atoms with Crippen LogP contribution >= 0.6 is 0 Å². The monoisotopic (exact) mass is 634 g/mol. The van der Waals surface area contributed by atoms with Gasteiger partial charge in [-0.25, -0.2) is 0 Å². The van der Waals surface area contributed by atoms with Crippen molar-refractivity contribution in [2.75, 3.05) is 0 Å². The standard InChI is InChI=1S/3C4H6O4.2Ce/c3*5-3(6)1-2-4(7)8;;/h3*1-2H2,(H,5,6)(H,7,8);;. The molecule has 0 saturated heterocycles. The first-order chi connectivity index (χ1) is 10.9. The summed E-state index contributed by atoms with van der Waals surface area (Å²) in [7, 11) is 0. The first-order valence-electron chi connectivity index (χ1n) is 6.19. The van der Waals surface area contributed by atoms with Crippen LogP contribution < -0.4 is 0 Å². The fraction of sp³-hybridized carbons (Fsp3) is 0.500. The van der Waals surface area contributed by atoms with Crippen molar-refractivity contribution in [1.82, 2.24) is 0 Å². The van der Waals surface area contributed by atoms with Gasteiger partial charge in [-0.3, -0.25) is 28.8 Å². The van der Waals surface area contributed by atoms with Crippen molar-refractivity contribution in [1.29, 1.82) is 0 Å². The minimum atomic E-state index is -1.08. The van der Waals surface area contributed by atoms with Crippen molar-refractivity contribution in [3.05, 3.63) is 0 Å². The first kappa shape index (κ1) is 36.5. The second-order valence-electron chi connectivity index (χ2n) is 3.86. The van der Waals surface area contributed by atoms with E-state index in [1.807, 2.05) is 0 Å². The molecule has 0 saturated carbocycles. The molecule has 0 rings (SSSR count). The summed E-state index contributed by atoms with van der Waals surface area (Å²) in [5.74, 6) is -6.46. The van der Waals surface area contributed by atoms with Gasteiger partial charge in [0.05, 0.1) is 38.5 Å². The Morgan fingerprint density at radius 1 is 0.346 bits per heavy atom. The maximum absolute atomic E-state index is 9.64. The van der Waals surface area contributed by atoms with Crippen molar-refractivity contribution in [2.24, 2.45) is 0 Å². The number of rotatable bonds is 9. The molecular formula is C12H18Ce2O12. The summed E-state index contributed by atoms with van der Waals surface area (Å²) in [6, 6.07) is 0. The molecule has 0 aromatic heterocycles. The molecule has 0 aliphatic heterocycles. The van der Waals surface area contributed by atoms with Gasteiger partial charge in [-0.15, -0.1) is 0 Å². The molecule has 0 radical (unpaired) electrons. The van der Waals surface area contributed by atoms with Crippen LogP contribution in [0, 0.1) is 83.5 Å². The summed E-state index contributed by atoms with van der Waals surface area (Å²) in [4.78, 5) is 57.8. The predicted octanol–water partition coefficient (Wildman–Crippen LogP) is -0.193. The third-order valence-corrected chi connectivity index (χ3v) is 1.66. The molecule has 0 aliphatic carbocycles. The topological polar surface area (TPSA) is 224 Å². The maximum Gasteiger partial charge on any atom is 0.303 e. The van der Waals surface area contributed by atoms with Crippen molar-refractivity contribution in [2.45, 2.75) is 38.5 Å². The Balaban J connectivity index is -0.0000000817. The van der Waals surface area contributed by atoms with Crippen LogP contribution in [0.15, 0.2) is 0 Å². The van der Waals surface area contributed by atoms with E-state index in [0.717, 1.165) is 0 Å². The third-order valence-electron chi connectivity index (χ3n) is 1.66. The molecule has 12 nitrogen and oxygen atoms in total. The molecule has 0 heterocycles. The van der Waals surface area contributed by atoms with Gasteiger partial charge in [-0.1, -0.05) is 0 Å². The summed E-state index contributed by atoms with van der Waals surface area (Å²) >= 11 is 0. The van der Waals surface area contributed by atoms with Crippen LogP contribution in [0.5, 0.6) is 0 Å². The molecule has 0 bridgehead atoms. The molecular weight excluding hydrogens is 616 g/mol. The normalized spacial score (nSPS) is 7.85. The van der Waals surface area contributed by atoms with Gasteiger partial charge in [0.1, 0.15) is 0 Å². The Hall–Kier alpha value is -0.427. The van der Waals surface area contributed by atoms with Crippen LogP contribution in [0.4, 0.5) is 0 Å². The molecule has 0 atom stereocenters. The molecule has 0 unspecified atom stereocenters. The van der Waals surface area contributed by atoms with Crippen LogP contribution in [-0.2, 0) is 28.8 Å². The molecule has 6 N–H and O–H groups in total. The summed E-state index contributed by atoms with van der Waals surface area (Å²) in [5.41, 5.74) is 0.